The second kappa shape index (κ2) is 21.1. The van der Waals surface area contributed by atoms with Gasteiger partial charge in [0, 0.05) is 86.1 Å². The fourth-order valence-electron chi connectivity index (χ4n) is 16.1. The van der Waals surface area contributed by atoms with Crippen molar-refractivity contribution in [1.29, 1.82) is 0 Å². The molecule has 6 aliphatic rings. The third-order valence-electron chi connectivity index (χ3n) is 19.9. The normalized spacial score (nSPS) is 13.4. The van der Waals surface area contributed by atoms with Gasteiger partial charge in [0.25, 0.3) is 20.1 Å². The third kappa shape index (κ3) is 8.12. The lowest BCUT2D eigenvalue weighted by Crippen LogP contribution is -2.66. The SMILES string of the molecule is c1ccc(N(c2ccccc2)c2cc3c4c(c2)N(c2ccccc2)c2cc5c(cc2B4c2ccccc2O3)B2c3ccccc3Oc3c2c(cc2c3B3c4ccccc4Oc4cc(N(c6ccccc6)c6ccccc6)cc(c43)N2c2ccccc2)N5c2ccccc2)cc1. The van der Waals surface area contributed by atoms with Crippen LogP contribution < -0.4 is 87.9 Å². The van der Waals surface area contributed by atoms with Gasteiger partial charge < -0.3 is 38.7 Å². The summed E-state index contributed by atoms with van der Waals surface area (Å²) in [6.07, 6.45) is 0. The molecule has 14 aromatic carbocycles. The van der Waals surface area contributed by atoms with Gasteiger partial charge in [-0.25, -0.2) is 0 Å². The van der Waals surface area contributed by atoms with Crippen LogP contribution in [0.1, 0.15) is 0 Å². The maximum absolute atomic E-state index is 7.82. The Bertz CT molecular complexity index is 5330. The van der Waals surface area contributed by atoms with Crippen molar-refractivity contribution < 1.29 is 14.2 Å². The summed E-state index contributed by atoms with van der Waals surface area (Å²) < 4.78 is 22.4. The number of ether oxygens (including phenoxy) is 3. The first-order chi connectivity index (χ1) is 47.2. The molecule has 11 heteroatoms. The maximum Gasteiger partial charge on any atom is 0.261 e. The van der Waals surface area contributed by atoms with Gasteiger partial charge in [-0.05, 0) is 177 Å². The Kier molecular flexibility index (Phi) is 11.9. The molecule has 0 unspecified atom stereocenters. The Morgan fingerprint density at radius 2 is 0.505 bits per heavy atom. The molecule has 0 saturated heterocycles. The molecular formula is C84H54B3N5O3. The third-order valence-corrected chi connectivity index (χ3v) is 19.9. The first-order valence-electron chi connectivity index (χ1n) is 32.6. The molecule has 442 valence electrons. The second-order valence-corrected chi connectivity index (χ2v) is 25.0. The van der Waals surface area contributed by atoms with E-state index in [9.17, 15) is 0 Å². The highest BCUT2D eigenvalue weighted by atomic mass is 16.5. The summed E-state index contributed by atoms with van der Waals surface area (Å²) in [5, 5.41) is 0. The molecule has 0 radical (unpaired) electrons. The van der Waals surface area contributed by atoms with Gasteiger partial charge >= 0.3 is 0 Å². The molecule has 0 saturated carbocycles. The molecule has 0 fully saturated rings. The number of hydrogen-bond acceptors (Lipinski definition) is 8. The zero-order valence-electron chi connectivity index (χ0n) is 51.4. The van der Waals surface area contributed by atoms with Crippen molar-refractivity contribution in [2.24, 2.45) is 0 Å². The van der Waals surface area contributed by atoms with E-state index in [0.29, 0.717) is 0 Å². The van der Waals surface area contributed by atoms with E-state index < -0.39 is 0 Å². The first-order valence-corrected chi connectivity index (χ1v) is 32.6. The van der Waals surface area contributed by atoms with Crippen LogP contribution in [0.25, 0.3) is 0 Å². The molecule has 6 heterocycles. The van der Waals surface area contributed by atoms with Crippen LogP contribution in [0.4, 0.5) is 85.3 Å². The Morgan fingerprint density at radius 1 is 0.211 bits per heavy atom. The Morgan fingerprint density at radius 3 is 0.916 bits per heavy atom. The number of anilines is 15. The topological polar surface area (TPSA) is 43.9 Å². The van der Waals surface area contributed by atoms with Crippen LogP contribution in [-0.2, 0) is 0 Å². The average Bonchev–Trinajstić information content (AvgIpc) is 0.681. The van der Waals surface area contributed by atoms with Crippen LogP contribution in [-0.4, -0.2) is 20.1 Å². The molecule has 14 aromatic rings. The molecule has 95 heavy (non-hydrogen) atoms. The summed E-state index contributed by atoms with van der Waals surface area (Å²) in [6, 6.07) is 118. The molecule has 0 spiro atoms. The van der Waals surface area contributed by atoms with E-state index >= 15 is 0 Å². The molecule has 0 aromatic heterocycles. The maximum atomic E-state index is 7.82. The van der Waals surface area contributed by atoms with Crippen molar-refractivity contribution in [1.82, 2.24) is 0 Å². The molecule has 6 aliphatic heterocycles. The lowest BCUT2D eigenvalue weighted by molar-refractivity contribution is 0.486. The first kappa shape index (κ1) is 53.3. The smallest absolute Gasteiger partial charge is 0.261 e. The van der Waals surface area contributed by atoms with Gasteiger partial charge in [0.2, 0.25) is 0 Å². The molecule has 0 aliphatic carbocycles. The van der Waals surface area contributed by atoms with Gasteiger partial charge in [-0.3, -0.25) is 0 Å². The van der Waals surface area contributed by atoms with Crippen molar-refractivity contribution >= 4 is 155 Å². The van der Waals surface area contributed by atoms with E-state index in [4.69, 9.17) is 14.2 Å². The average molecular weight is 1210 g/mol. The second-order valence-electron chi connectivity index (χ2n) is 25.0. The minimum atomic E-state index is -0.296. The van der Waals surface area contributed by atoms with Crippen molar-refractivity contribution in [2.45, 2.75) is 0 Å². The Labute approximate surface area is 552 Å². The zero-order chi connectivity index (χ0) is 62.2. The van der Waals surface area contributed by atoms with Crippen LogP contribution in [0.15, 0.2) is 328 Å². The van der Waals surface area contributed by atoms with Gasteiger partial charge in [-0.2, -0.15) is 0 Å². The largest absolute Gasteiger partial charge is 0.459 e. The van der Waals surface area contributed by atoms with Crippen molar-refractivity contribution in [3.8, 4) is 34.5 Å². The molecular weight excluding hydrogens is 1160 g/mol. The van der Waals surface area contributed by atoms with Gasteiger partial charge in [0.1, 0.15) is 34.5 Å². The van der Waals surface area contributed by atoms with E-state index in [-0.39, 0.29) is 20.1 Å². The molecule has 0 atom stereocenters. The highest BCUT2D eigenvalue weighted by Gasteiger charge is 2.52. The number of nitrogens with zero attached hydrogens (tertiary/aromatic N) is 5. The fourth-order valence-corrected chi connectivity index (χ4v) is 16.1. The summed E-state index contributed by atoms with van der Waals surface area (Å²) in [4.78, 5) is 12.2. The number of benzene rings is 14. The van der Waals surface area contributed by atoms with Crippen molar-refractivity contribution in [2.75, 3.05) is 24.5 Å². The van der Waals surface area contributed by atoms with Gasteiger partial charge in [0.15, 0.2) is 0 Å². The summed E-state index contributed by atoms with van der Waals surface area (Å²) >= 11 is 0. The molecule has 0 amide bonds. The standard InChI is InChI=1S/C84H54B3N5O3/c1-8-28-55(29-9-1)88(56-30-10-2-11-31-56)62-48-71-80-78(50-62)93-75-45-25-22-42-64(75)85(80)67-52-68-70(53-69(67)90(71)59-36-16-5-17-37-59)91(60-38-18-6-19-39-60)73-54-74-83(84-82(73)86(68)65-43-23-27-47-77(65)95-84)87-66-44-24-26-46-76(66)94-79-51-63(49-72(81(79)87)92(74)61-40-20-7-21-41-61)89(57-32-12-3-13-33-57)58-34-14-4-15-35-58/h1-54H. The number of para-hydroxylation sites is 10. The lowest BCUT2D eigenvalue weighted by atomic mass is 9.29. The summed E-state index contributed by atoms with van der Waals surface area (Å²) in [5.41, 5.74) is 25.6. The Hall–Kier alpha value is -12.3. The van der Waals surface area contributed by atoms with E-state index in [0.717, 1.165) is 158 Å². The van der Waals surface area contributed by atoms with E-state index in [2.05, 4.69) is 352 Å². The minimum absolute atomic E-state index is 0.205. The number of hydrogen-bond donors (Lipinski definition) is 0. The summed E-state index contributed by atoms with van der Waals surface area (Å²) in [5.74, 6) is 4.97. The molecule has 8 nitrogen and oxygen atoms in total. The molecule has 0 bridgehead atoms. The minimum Gasteiger partial charge on any atom is -0.459 e. The van der Waals surface area contributed by atoms with E-state index in [1.807, 2.05) is 0 Å². The van der Waals surface area contributed by atoms with Crippen LogP contribution in [0.5, 0.6) is 34.5 Å². The Balaban J connectivity index is 0.881. The quantitative estimate of drug-likeness (QED) is 0.133. The van der Waals surface area contributed by atoms with Crippen LogP contribution in [0.3, 0.4) is 0 Å². The monoisotopic (exact) mass is 1210 g/mol. The van der Waals surface area contributed by atoms with Gasteiger partial charge in [-0.15, -0.1) is 0 Å². The van der Waals surface area contributed by atoms with Crippen molar-refractivity contribution in [3.05, 3.63) is 328 Å². The highest BCUT2D eigenvalue weighted by molar-refractivity contribution is 7.04. The summed E-state index contributed by atoms with van der Waals surface area (Å²) in [7, 11) is 0. The highest BCUT2D eigenvalue weighted by Crippen LogP contribution is 2.52. The van der Waals surface area contributed by atoms with E-state index in [1.54, 1.807) is 0 Å². The summed E-state index contributed by atoms with van der Waals surface area (Å²) in [6.45, 7) is -0.767. The fraction of sp³-hybridized carbons (Fsp3) is 0. The number of rotatable bonds is 9. The molecule has 20 rings (SSSR count). The van der Waals surface area contributed by atoms with Gasteiger partial charge in [0.05, 0.1) is 11.4 Å². The number of fused-ring (bicyclic) bond motifs is 13. The van der Waals surface area contributed by atoms with Gasteiger partial charge in [-0.1, -0.05) is 188 Å². The molecule has 0 N–H and O–H groups in total. The van der Waals surface area contributed by atoms with Crippen molar-refractivity contribution in [3.63, 3.8) is 0 Å². The van der Waals surface area contributed by atoms with Crippen LogP contribution in [0, 0.1) is 0 Å². The van der Waals surface area contributed by atoms with Crippen LogP contribution in [0.2, 0.25) is 0 Å². The van der Waals surface area contributed by atoms with E-state index in [1.165, 1.54) is 10.9 Å². The predicted molar refractivity (Wildman–Crippen MR) is 393 cm³/mol. The van der Waals surface area contributed by atoms with Crippen LogP contribution >= 0.6 is 0 Å². The zero-order valence-corrected chi connectivity index (χ0v) is 51.4. The lowest BCUT2D eigenvalue weighted by Gasteiger charge is -2.47. The predicted octanol–water partition coefficient (Wildman–Crippen LogP) is 15.8.